The predicted octanol–water partition coefficient (Wildman–Crippen LogP) is 3.19. The summed E-state index contributed by atoms with van der Waals surface area (Å²) in [4.78, 5) is 0. The Morgan fingerprint density at radius 3 is 2.86 bits per heavy atom. The zero-order valence-corrected chi connectivity index (χ0v) is 13.9. The Balaban J connectivity index is 1.88. The molecule has 0 aliphatic heterocycles. The summed E-state index contributed by atoms with van der Waals surface area (Å²) in [6.45, 7) is 7.33. The van der Waals surface area contributed by atoms with Crippen molar-refractivity contribution in [2.45, 2.75) is 58.4 Å². The van der Waals surface area contributed by atoms with Gasteiger partial charge in [0.15, 0.2) is 0 Å². The van der Waals surface area contributed by atoms with Crippen molar-refractivity contribution in [3.8, 4) is 0 Å². The highest BCUT2D eigenvalue weighted by atomic mass is 16.5. The predicted molar refractivity (Wildman–Crippen MR) is 86.6 cm³/mol. The van der Waals surface area contributed by atoms with Crippen LogP contribution in [0.5, 0.6) is 0 Å². The van der Waals surface area contributed by atoms with Crippen molar-refractivity contribution in [3.05, 3.63) is 18.0 Å². The van der Waals surface area contributed by atoms with E-state index < -0.39 is 0 Å². The molecule has 0 aromatic carbocycles. The molecule has 1 aliphatic rings. The number of aromatic nitrogens is 2. The van der Waals surface area contributed by atoms with Gasteiger partial charge in [-0.3, -0.25) is 4.68 Å². The Kier molecular flexibility index (Phi) is 6.24. The number of hydrogen-bond donors (Lipinski definition) is 1. The molecule has 1 aromatic heterocycles. The highest BCUT2D eigenvalue weighted by Gasteiger charge is 2.24. The smallest absolute Gasteiger partial charge is 0.0630 e. The van der Waals surface area contributed by atoms with Gasteiger partial charge in [0.2, 0.25) is 0 Å². The highest BCUT2D eigenvalue weighted by molar-refractivity contribution is 5.04. The topological polar surface area (TPSA) is 39.1 Å². The molecule has 1 aromatic rings. The minimum atomic E-state index is 0.266. The second kappa shape index (κ2) is 7.95. The number of nitrogens with one attached hydrogen (secondary N) is 1. The molecule has 4 nitrogen and oxygen atoms in total. The van der Waals surface area contributed by atoms with Gasteiger partial charge in [0.1, 0.15) is 0 Å². The standard InChI is InChI=1S/C17H31N3O/c1-4-17(2,14-18-10-12-21-3)13-15-9-11-20(19-15)16-7-5-6-8-16/h9,11,16,18H,4-8,10,12-14H2,1-3H3. The van der Waals surface area contributed by atoms with E-state index in [-0.39, 0.29) is 5.41 Å². The van der Waals surface area contributed by atoms with Gasteiger partial charge in [-0.15, -0.1) is 0 Å². The molecule has 1 fully saturated rings. The number of hydrogen-bond acceptors (Lipinski definition) is 3. The summed E-state index contributed by atoms with van der Waals surface area (Å²) in [6, 6.07) is 2.85. The lowest BCUT2D eigenvalue weighted by Crippen LogP contribution is -2.35. The fourth-order valence-corrected chi connectivity index (χ4v) is 3.16. The Morgan fingerprint density at radius 1 is 1.43 bits per heavy atom. The van der Waals surface area contributed by atoms with Gasteiger partial charge >= 0.3 is 0 Å². The van der Waals surface area contributed by atoms with Crippen LogP contribution in [0.25, 0.3) is 0 Å². The van der Waals surface area contributed by atoms with Crippen molar-refractivity contribution >= 4 is 0 Å². The fraction of sp³-hybridized carbons (Fsp3) is 0.824. The van der Waals surface area contributed by atoms with Crippen LogP contribution in [0.1, 0.15) is 57.7 Å². The summed E-state index contributed by atoms with van der Waals surface area (Å²) in [5.41, 5.74) is 1.50. The third-order valence-electron chi connectivity index (χ3n) is 4.86. The molecule has 2 rings (SSSR count). The van der Waals surface area contributed by atoms with Crippen molar-refractivity contribution in [1.29, 1.82) is 0 Å². The first-order chi connectivity index (χ1) is 10.2. The first-order valence-corrected chi connectivity index (χ1v) is 8.40. The zero-order valence-electron chi connectivity index (χ0n) is 13.9. The monoisotopic (exact) mass is 293 g/mol. The molecule has 1 heterocycles. The normalized spacial score (nSPS) is 19.0. The summed E-state index contributed by atoms with van der Waals surface area (Å²) < 4.78 is 7.30. The van der Waals surface area contributed by atoms with Gasteiger partial charge in [0.25, 0.3) is 0 Å². The van der Waals surface area contributed by atoms with Crippen molar-refractivity contribution in [2.24, 2.45) is 5.41 Å². The van der Waals surface area contributed by atoms with Crippen LogP contribution in [0.15, 0.2) is 12.3 Å². The molecule has 1 unspecified atom stereocenters. The average Bonchev–Trinajstić information content (AvgIpc) is 3.14. The van der Waals surface area contributed by atoms with E-state index in [4.69, 9.17) is 9.84 Å². The van der Waals surface area contributed by atoms with E-state index in [0.717, 1.165) is 32.5 Å². The molecule has 1 atom stereocenters. The van der Waals surface area contributed by atoms with Crippen molar-refractivity contribution in [1.82, 2.24) is 15.1 Å². The lowest BCUT2D eigenvalue weighted by Gasteiger charge is -2.28. The van der Waals surface area contributed by atoms with Gasteiger partial charge < -0.3 is 10.1 Å². The van der Waals surface area contributed by atoms with Gasteiger partial charge in [-0.05, 0) is 37.2 Å². The lowest BCUT2D eigenvalue weighted by molar-refractivity contribution is 0.191. The average molecular weight is 293 g/mol. The third-order valence-corrected chi connectivity index (χ3v) is 4.86. The second-order valence-corrected chi connectivity index (χ2v) is 6.74. The summed E-state index contributed by atoms with van der Waals surface area (Å²) in [7, 11) is 1.75. The van der Waals surface area contributed by atoms with E-state index >= 15 is 0 Å². The third kappa shape index (κ3) is 4.82. The SMILES string of the molecule is CCC(C)(CNCCOC)Cc1ccn(C2CCCC2)n1. The lowest BCUT2D eigenvalue weighted by atomic mass is 9.82. The minimum absolute atomic E-state index is 0.266. The molecule has 0 saturated heterocycles. The molecule has 1 saturated carbocycles. The summed E-state index contributed by atoms with van der Waals surface area (Å²) in [6.07, 6.45) is 9.69. The van der Waals surface area contributed by atoms with Crippen LogP contribution >= 0.6 is 0 Å². The molecule has 1 N–H and O–H groups in total. The first kappa shape index (κ1) is 16.5. The van der Waals surface area contributed by atoms with E-state index in [9.17, 15) is 0 Å². The van der Waals surface area contributed by atoms with Gasteiger partial charge in [-0.25, -0.2) is 0 Å². The van der Waals surface area contributed by atoms with Crippen LogP contribution < -0.4 is 5.32 Å². The molecule has 0 bridgehead atoms. The first-order valence-electron chi connectivity index (χ1n) is 8.40. The van der Waals surface area contributed by atoms with Gasteiger partial charge in [0, 0.05) is 26.4 Å². The van der Waals surface area contributed by atoms with E-state index in [1.54, 1.807) is 7.11 Å². The van der Waals surface area contributed by atoms with Crippen LogP contribution in [0.4, 0.5) is 0 Å². The fourth-order valence-electron chi connectivity index (χ4n) is 3.16. The molecule has 1 aliphatic carbocycles. The molecule has 0 spiro atoms. The molecular weight excluding hydrogens is 262 g/mol. The number of rotatable bonds is 9. The van der Waals surface area contributed by atoms with E-state index in [1.165, 1.54) is 31.4 Å². The molecular formula is C17H31N3O. The maximum atomic E-state index is 5.09. The van der Waals surface area contributed by atoms with Crippen LogP contribution in [-0.2, 0) is 11.2 Å². The Hall–Kier alpha value is -0.870. The van der Waals surface area contributed by atoms with E-state index in [2.05, 4.69) is 36.1 Å². The Labute approximate surface area is 129 Å². The van der Waals surface area contributed by atoms with E-state index in [1.807, 2.05) is 0 Å². The van der Waals surface area contributed by atoms with Crippen molar-refractivity contribution < 1.29 is 4.74 Å². The van der Waals surface area contributed by atoms with Crippen molar-refractivity contribution in [2.75, 3.05) is 26.8 Å². The van der Waals surface area contributed by atoms with Crippen LogP contribution in [0.3, 0.4) is 0 Å². The number of nitrogens with zero attached hydrogens (tertiary/aromatic N) is 2. The van der Waals surface area contributed by atoms with Gasteiger partial charge in [-0.1, -0.05) is 26.7 Å². The maximum absolute atomic E-state index is 5.09. The van der Waals surface area contributed by atoms with Gasteiger partial charge in [-0.2, -0.15) is 5.10 Å². The van der Waals surface area contributed by atoms with Gasteiger partial charge in [0.05, 0.1) is 18.3 Å². The quantitative estimate of drug-likeness (QED) is 0.711. The summed E-state index contributed by atoms with van der Waals surface area (Å²) in [5, 5.41) is 8.33. The Morgan fingerprint density at radius 2 is 2.19 bits per heavy atom. The minimum Gasteiger partial charge on any atom is -0.383 e. The number of methoxy groups -OCH3 is 1. The molecule has 21 heavy (non-hydrogen) atoms. The van der Waals surface area contributed by atoms with Crippen molar-refractivity contribution in [3.63, 3.8) is 0 Å². The molecule has 120 valence electrons. The Bertz CT molecular complexity index is 412. The molecule has 0 radical (unpaired) electrons. The zero-order chi connectivity index (χ0) is 15.1. The number of ether oxygens (including phenoxy) is 1. The highest BCUT2D eigenvalue weighted by Crippen LogP contribution is 2.30. The summed E-state index contributed by atoms with van der Waals surface area (Å²) >= 11 is 0. The molecule has 0 amide bonds. The maximum Gasteiger partial charge on any atom is 0.0630 e. The van der Waals surface area contributed by atoms with E-state index in [0.29, 0.717) is 6.04 Å². The van der Waals surface area contributed by atoms with Crippen LogP contribution in [-0.4, -0.2) is 36.6 Å². The van der Waals surface area contributed by atoms with Crippen LogP contribution in [0.2, 0.25) is 0 Å². The van der Waals surface area contributed by atoms with Crippen LogP contribution in [0, 0.1) is 5.41 Å². The second-order valence-electron chi connectivity index (χ2n) is 6.74. The largest absolute Gasteiger partial charge is 0.383 e. The summed E-state index contributed by atoms with van der Waals surface area (Å²) in [5.74, 6) is 0. The molecule has 4 heteroatoms.